The van der Waals surface area contributed by atoms with Crippen molar-refractivity contribution in [3.05, 3.63) is 29.8 Å². The number of rotatable bonds is 3. The molecule has 1 N–H and O–H groups in total. The fourth-order valence-electron chi connectivity index (χ4n) is 3.17. The molecule has 3 rings (SSSR count). The van der Waals surface area contributed by atoms with Gasteiger partial charge in [-0.3, -0.25) is 4.79 Å². The van der Waals surface area contributed by atoms with Crippen LogP contribution in [-0.2, 0) is 11.0 Å². The summed E-state index contributed by atoms with van der Waals surface area (Å²) in [7, 11) is 0. The lowest BCUT2D eigenvalue weighted by Gasteiger charge is -2.24. The van der Waals surface area contributed by atoms with Crippen molar-refractivity contribution in [1.29, 1.82) is 0 Å². The second-order valence-electron chi connectivity index (χ2n) is 6.08. The Labute approximate surface area is 149 Å². The molecule has 3 nitrogen and oxygen atoms in total. The lowest BCUT2D eigenvalue weighted by atomic mass is 10.1. The molecule has 134 valence electrons. The van der Waals surface area contributed by atoms with Crippen LogP contribution in [0.4, 0.5) is 13.2 Å². The highest BCUT2D eigenvalue weighted by Gasteiger charge is 2.32. The molecule has 1 amide bonds. The number of likely N-dealkylation sites (tertiary alicyclic amines) is 1. The number of benzene rings is 1. The van der Waals surface area contributed by atoms with Crippen molar-refractivity contribution >= 4 is 30.1 Å². The Hall–Kier alpha value is -0.920. The molecule has 2 unspecified atom stereocenters. The number of carbonyl (C=O) groups is 1. The van der Waals surface area contributed by atoms with E-state index in [-0.39, 0.29) is 24.1 Å². The number of amides is 1. The summed E-state index contributed by atoms with van der Waals surface area (Å²) in [6, 6.07) is 6.01. The smallest absolute Gasteiger partial charge is 0.340 e. The highest BCUT2D eigenvalue weighted by atomic mass is 35.5. The fourth-order valence-corrected chi connectivity index (χ4v) is 4.03. The zero-order valence-corrected chi connectivity index (χ0v) is 14.6. The normalized spacial score (nSPS) is 23.5. The van der Waals surface area contributed by atoms with E-state index in [1.54, 1.807) is 6.07 Å². The van der Waals surface area contributed by atoms with Gasteiger partial charge in [0.15, 0.2) is 0 Å². The highest BCUT2D eigenvalue weighted by Crippen LogP contribution is 2.32. The van der Waals surface area contributed by atoms with Crippen LogP contribution in [0.25, 0.3) is 0 Å². The van der Waals surface area contributed by atoms with Crippen LogP contribution in [0.3, 0.4) is 0 Å². The minimum atomic E-state index is -4.35. The maximum Gasteiger partial charge on any atom is 0.416 e. The van der Waals surface area contributed by atoms with Gasteiger partial charge in [0.25, 0.3) is 0 Å². The topological polar surface area (TPSA) is 32.3 Å². The van der Waals surface area contributed by atoms with E-state index in [0.717, 1.165) is 31.5 Å². The number of nitrogens with one attached hydrogen (secondary N) is 1. The Morgan fingerprint density at radius 2 is 2.00 bits per heavy atom. The first-order chi connectivity index (χ1) is 10.9. The van der Waals surface area contributed by atoms with Crippen LogP contribution in [0.2, 0.25) is 0 Å². The average molecular weight is 381 g/mol. The van der Waals surface area contributed by atoms with E-state index in [0.29, 0.717) is 23.5 Å². The number of hydrogen-bond acceptors (Lipinski definition) is 3. The van der Waals surface area contributed by atoms with Crippen molar-refractivity contribution in [2.45, 2.75) is 42.4 Å². The first kappa shape index (κ1) is 19.4. The van der Waals surface area contributed by atoms with Gasteiger partial charge in [-0.15, -0.1) is 24.2 Å². The Balaban J connectivity index is 0.00000208. The van der Waals surface area contributed by atoms with E-state index in [9.17, 15) is 18.0 Å². The van der Waals surface area contributed by atoms with Crippen molar-refractivity contribution < 1.29 is 18.0 Å². The molecule has 8 heteroatoms. The monoisotopic (exact) mass is 380 g/mol. The predicted molar refractivity (Wildman–Crippen MR) is 90.6 cm³/mol. The lowest BCUT2D eigenvalue weighted by Crippen LogP contribution is -2.39. The number of fused-ring (bicyclic) bond motifs is 2. The molecule has 1 aromatic rings. The van der Waals surface area contributed by atoms with E-state index in [1.165, 1.54) is 24.2 Å². The fraction of sp³-hybridized carbons (Fsp3) is 0.562. The van der Waals surface area contributed by atoms with Gasteiger partial charge < -0.3 is 10.2 Å². The van der Waals surface area contributed by atoms with E-state index >= 15 is 0 Å². The summed E-state index contributed by atoms with van der Waals surface area (Å²) in [6.07, 6.45) is -1.13. The van der Waals surface area contributed by atoms with Crippen LogP contribution >= 0.6 is 24.2 Å². The van der Waals surface area contributed by atoms with Crippen molar-refractivity contribution in [3.8, 4) is 0 Å². The standard InChI is InChI=1S/C16H19F3N2OS.ClH/c17-16(18,19)11-2-1-3-14(8-11)23-10-15(22)21-7-6-12-4-5-13(9-21)20-12;/h1-3,8,12-13,20H,4-7,9-10H2;1H. The quantitative estimate of drug-likeness (QED) is 0.813. The Kier molecular flexibility index (Phi) is 6.45. The largest absolute Gasteiger partial charge is 0.416 e. The summed E-state index contributed by atoms with van der Waals surface area (Å²) < 4.78 is 38.1. The van der Waals surface area contributed by atoms with Gasteiger partial charge in [0.2, 0.25) is 5.91 Å². The molecule has 2 aliphatic heterocycles. The van der Waals surface area contributed by atoms with E-state index in [4.69, 9.17) is 0 Å². The summed E-state index contributed by atoms with van der Waals surface area (Å²) in [5.41, 5.74) is -0.675. The van der Waals surface area contributed by atoms with Crippen molar-refractivity contribution in [2.24, 2.45) is 0 Å². The van der Waals surface area contributed by atoms with Crippen LogP contribution in [0, 0.1) is 0 Å². The molecular formula is C16H20ClF3N2OS. The SMILES string of the molecule is Cl.O=C(CSc1cccc(C(F)(F)F)c1)N1CCC2CCC(C1)N2. The third-order valence-electron chi connectivity index (χ3n) is 4.40. The Morgan fingerprint density at radius 3 is 2.75 bits per heavy atom. The second-order valence-corrected chi connectivity index (χ2v) is 7.13. The average Bonchev–Trinajstić information content (AvgIpc) is 2.83. The molecule has 2 atom stereocenters. The summed E-state index contributed by atoms with van der Waals surface area (Å²) in [5, 5.41) is 3.51. The number of halogens is 4. The van der Waals surface area contributed by atoms with E-state index in [1.807, 2.05) is 4.90 Å². The van der Waals surface area contributed by atoms with Gasteiger partial charge in [0.05, 0.1) is 11.3 Å². The molecule has 0 spiro atoms. The molecule has 2 saturated heterocycles. The number of nitrogens with zero attached hydrogens (tertiary/aromatic N) is 1. The van der Waals surface area contributed by atoms with Gasteiger partial charge in [0, 0.05) is 30.1 Å². The number of hydrogen-bond donors (Lipinski definition) is 1. The third-order valence-corrected chi connectivity index (χ3v) is 5.38. The van der Waals surface area contributed by atoms with Crippen molar-refractivity contribution in [3.63, 3.8) is 0 Å². The van der Waals surface area contributed by atoms with Gasteiger partial charge in [-0.1, -0.05) is 6.07 Å². The predicted octanol–water partition coefficient (Wildman–Crippen LogP) is 3.57. The van der Waals surface area contributed by atoms with Crippen molar-refractivity contribution in [1.82, 2.24) is 10.2 Å². The van der Waals surface area contributed by atoms with Crippen molar-refractivity contribution in [2.75, 3.05) is 18.8 Å². The van der Waals surface area contributed by atoms with Gasteiger partial charge in [-0.25, -0.2) is 0 Å². The third kappa shape index (κ3) is 4.80. The lowest BCUT2D eigenvalue weighted by molar-refractivity contribution is -0.137. The Morgan fingerprint density at radius 1 is 1.25 bits per heavy atom. The second kappa shape index (κ2) is 7.97. The molecule has 1 aromatic carbocycles. The maximum atomic E-state index is 12.7. The van der Waals surface area contributed by atoms with Gasteiger partial charge in [-0.2, -0.15) is 13.2 Å². The molecule has 2 bridgehead atoms. The van der Waals surface area contributed by atoms with Crippen LogP contribution in [-0.4, -0.2) is 41.7 Å². The van der Waals surface area contributed by atoms with Crippen LogP contribution in [0.5, 0.6) is 0 Å². The summed E-state index contributed by atoms with van der Waals surface area (Å²) in [4.78, 5) is 14.7. The minimum Gasteiger partial charge on any atom is -0.340 e. The zero-order valence-electron chi connectivity index (χ0n) is 13.0. The molecule has 2 aliphatic rings. The molecule has 0 saturated carbocycles. The molecule has 2 fully saturated rings. The molecule has 2 heterocycles. The summed E-state index contributed by atoms with van der Waals surface area (Å²) in [6.45, 7) is 1.44. The first-order valence-electron chi connectivity index (χ1n) is 7.76. The molecule has 24 heavy (non-hydrogen) atoms. The highest BCUT2D eigenvalue weighted by molar-refractivity contribution is 8.00. The van der Waals surface area contributed by atoms with E-state index in [2.05, 4.69) is 5.32 Å². The van der Waals surface area contributed by atoms with Gasteiger partial charge in [0.1, 0.15) is 0 Å². The van der Waals surface area contributed by atoms with Crippen LogP contribution in [0.15, 0.2) is 29.2 Å². The van der Waals surface area contributed by atoms with Crippen LogP contribution < -0.4 is 5.32 Å². The first-order valence-corrected chi connectivity index (χ1v) is 8.74. The summed E-state index contributed by atoms with van der Waals surface area (Å²) in [5.74, 6) is 0.181. The summed E-state index contributed by atoms with van der Waals surface area (Å²) >= 11 is 1.17. The number of alkyl halides is 3. The van der Waals surface area contributed by atoms with Gasteiger partial charge >= 0.3 is 6.18 Å². The van der Waals surface area contributed by atoms with E-state index < -0.39 is 11.7 Å². The molecule has 0 aromatic heterocycles. The molecule has 0 radical (unpaired) electrons. The Bertz CT molecular complexity index is 585. The zero-order chi connectivity index (χ0) is 16.4. The molecular weight excluding hydrogens is 361 g/mol. The number of thioether (sulfide) groups is 1. The van der Waals surface area contributed by atoms with Crippen LogP contribution in [0.1, 0.15) is 24.8 Å². The number of carbonyl (C=O) groups excluding carboxylic acids is 1. The minimum absolute atomic E-state index is 0. The molecule has 0 aliphatic carbocycles. The van der Waals surface area contributed by atoms with Gasteiger partial charge in [-0.05, 0) is 37.5 Å². The maximum absolute atomic E-state index is 12.7.